The minimum absolute atomic E-state index is 0.200. The van der Waals surface area contributed by atoms with Crippen LogP contribution in [0.15, 0.2) is 0 Å². The van der Waals surface area contributed by atoms with Gasteiger partial charge < -0.3 is 20.6 Å². The highest BCUT2D eigenvalue weighted by molar-refractivity contribution is 5.64. The monoisotopic (exact) mass is 257 g/mol. The van der Waals surface area contributed by atoms with E-state index in [1.54, 1.807) is 0 Å². The molecule has 18 heavy (non-hydrogen) atoms. The number of ether oxygens (including phenoxy) is 1. The van der Waals surface area contributed by atoms with Gasteiger partial charge in [-0.15, -0.1) is 0 Å². The second kappa shape index (κ2) is 7.84. The normalized spacial score (nSPS) is 22.4. The molecule has 2 atom stereocenters. The van der Waals surface area contributed by atoms with Crippen LogP contribution in [0.2, 0.25) is 0 Å². The van der Waals surface area contributed by atoms with E-state index in [0.29, 0.717) is 6.54 Å². The maximum absolute atomic E-state index is 11.1. The Balaban J connectivity index is 2.20. The maximum atomic E-state index is 11.1. The number of nitrogens with zero attached hydrogens (tertiary/aromatic N) is 1. The molecule has 0 amide bonds. The van der Waals surface area contributed by atoms with Gasteiger partial charge in [-0.3, -0.25) is 4.90 Å². The van der Waals surface area contributed by atoms with Crippen LogP contribution in [0.1, 0.15) is 20.3 Å². The number of rotatable bonds is 8. The second-order valence-corrected chi connectivity index (χ2v) is 5.17. The first-order valence-electron chi connectivity index (χ1n) is 6.88. The molecule has 1 aliphatic rings. The van der Waals surface area contributed by atoms with Crippen LogP contribution in [0.4, 0.5) is 0 Å². The Kier molecular flexibility index (Phi) is 6.78. The summed E-state index contributed by atoms with van der Waals surface area (Å²) in [5.74, 6) is 0.200. The van der Waals surface area contributed by atoms with Crippen molar-refractivity contribution in [2.45, 2.75) is 25.8 Å². The molecule has 1 fully saturated rings. The van der Waals surface area contributed by atoms with E-state index in [-0.39, 0.29) is 5.92 Å². The standard InChI is InChI=1S/C13H27N3O2/c1-3-12(2)13(14,11-17)10-15-4-5-16-6-8-18-9-7-16/h11-12,15H,3-10,14H2,1-2H3. The summed E-state index contributed by atoms with van der Waals surface area (Å²) >= 11 is 0. The molecule has 5 heteroatoms. The van der Waals surface area contributed by atoms with E-state index in [2.05, 4.69) is 17.1 Å². The third-order valence-electron chi connectivity index (χ3n) is 3.89. The summed E-state index contributed by atoms with van der Waals surface area (Å²) in [6.45, 7) is 10.1. The van der Waals surface area contributed by atoms with E-state index < -0.39 is 5.54 Å². The van der Waals surface area contributed by atoms with Crippen LogP contribution in [0.3, 0.4) is 0 Å². The predicted molar refractivity (Wildman–Crippen MR) is 72.6 cm³/mol. The first-order chi connectivity index (χ1) is 8.62. The van der Waals surface area contributed by atoms with Crippen molar-refractivity contribution in [1.29, 1.82) is 0 Å². The zero-order valence-corrected chi connectivity index (χ0v) is 11.7. The number of hydrogen-bond acceptors (Lipinski definition) is 5. The van der Waals surface area contributed by atoms with Gasteiger partial charge in [0.05, 0.1) is 18.8 Å². The third kappa shape index (κ3) is 4.65. The van der Waals surface area contributed by atoms with Crippen LogP contribution in [0, 0.1) is 5.92 Å². The molecule has 1 saturated heterocycles. The van der Waals surface area contributed by atoms with E-state index in [1.807, 2.05) is 6.92 Å². The Hall–Kier alpha value is -0.490. The van der Waals surface area contributed by atoms with Gasteiger partial charge in [0, 0.05) is 32.7 Å². The van der Waals surface area contributed by atoms with Crippen LogP contribution in [0.5, 0.6) is 0 Å². The number of aldehydes is 1. The van der Waals surface area contributed by atoms with Crippen molar-refractivity contribution in [2.24, 2.45) is 11.7 Å². The predicted octanol–water partition coefficient (Wildman–Crippen LogP) is -0.149. The van der Waals surface area contributed by atoms with E-state index in [9.17, 15) is 4.79 Å². The van der Waals surface area contributed by atoms with Gasteiger partial charge in [0.2, 0.25) is 0 Å². The summed E-state index contributed by atoms with van der Waals surface area (Å²) < 4.78 is 5.30. The molecule has 1 rings (SSSR count). The van der Waals surface area contributed by atoms with Crippen molar-refractivity contribution in [3.8, 4) is 0 Å². The first kappa shape index (κ1) is 15.6. The molecule has 0 aliphatic carbocycles. The Morgan fingerprint density at radius 3 is 2.72 bits per heavy atom. The van der Waals surface area contributed by atoms with Crippen LogP contribution in [-0.2, 0) is 9.53 Å². The highest BCUT2D eigenvalue weighted by atomic mass is 16.5. The molecule has 0 aromatic rings. The lowest BCUT2D eigenvalue weighted by Crippen LogP contribution is -2.55. The van der Waals surface area contributed by atoms with Gasteiger partial charge >= 0.3 is 0 Å². The molecular weight excluding hydrogens is 230 g/mol. The van der Waals surface area contributed by atoms with Gasteiger partial charge in [-0.2, -0.15) is 0 Å². The van der Waals surface area contributed by atoms with Crippen LogP contribution in [0.25, 0.3) is 0 Å². The summed E-state index contributed by atoms with van der Waals surface area (Å²) in [6.07, 6.45) is 1.81. The quantitative estimate of drug-likeness (QED) is 0.467. The zero-order chi connectivity index (χ0) is 13.4. The molecule has 3 N–H and O–H groups in total. The summed E-state index contributed by atoms with van der Waals surface area (Å²) in [7, 11) is 0. The summed E-state index contributed by atoms with van der Waals surface area (Å²) in [5, 5.41) is 3.30. The zero-order valence-electron chi connectivity index (χ0n) is 11.7. The lowest BCUT2D eigenvalue weighted by atomic mass is 9.85. The number of hydrogen-bond donors (Lipinski definition) is 2. The summed E-state index contributed by atoms with van der Waals surface area (Å²) in [5.41, 5.74) is 5.37. The fraction of sp³-hybridized carbons (Fsp3) is 0.923. The summed E-state index contributed by atoms with van der Waals surface area (Å²) in [6, 6.07) is 0. The van der Waals surface area contributed by atoms with E-state index >= 15 is 0 Å². The molecule has 0 saturated carbocycles. The topological polar surface area (TPSA) is 67.6 Å². The average Bonchev–Trinajstić information content (AvgIpc) is 2.43. The van der Waals surface area contributed by atoms with Gasteiger partial charge in [-0.05, 0) is 5.92 Å². The van der Waals surface area contributed by atoms with Gasteiger partial charge in [-0.1, -0.05) is 20.3 Å². The van der Waals surface area contributed by atoms with E-state index in [4.69, 9.17) is 10.5 Å². The number of carbonyl (C=O) groups is 1. The van der Waals surface area contributed by atoms with Crippen LogP contribution in [-0.4, -0.2) is 62.7 Å². The third-order valence-corrected chi connectivity index (χ3v) is 3.89. The van der Waals surface area contributed by atoms with Crippen molar-refractivity contribution in [1.82, 2.24) is 10.2 Å². The molecule has 0 bridgehead atoms. The molecular formula is C13H27N3O2. The Bertz CT molecular complexity index is 244. The number of nitrogens with two attached hydrogens (primary N) is 1. The molecule has 0 radical (unpaired) electrons. The van der Waals surface area contributed by atoms with Crippen molar-refractivity contribution < 1.29 is 9.53 Å². The Morgan fingerprint density at radius 2 is 2.17 bits per heavy atom. The first-order valence-corrected chi connectivity index (χ1v) is 6.88. The SMILES string of the molecule is CCC(C)C(N)(C=O)CNCCN1CCOCC1. The molecule has 0 aromatic carbocycles. The average molecular weight is 257 g/mol. The fourth-order valence-corrected chi connectivity index (χ4v) is 2.08. The molecule has 1 heterocycles. The Morgan fingerprint density at radius 1 is 1.50 bits per heavy atom. The summed E-state index contributed by atoms with van der Waals surface area (Å²) in [4.78, 5) is 13.5. The smallest absolute Gasteiger partial charge is 0.141 e. The van der Waals surface area contributed by atoms with Crippen molar-refractivity contribution >= 4 is 6.29 Å². The van der Waals surface area contributed by atoms with Crippen molar-refractivity contribution in [2.75, 3.05) is 45.9 Å². The Labute approximate surface area is 110 Å². The fourth-order valence-electron chi connectivity index (χ4n) is 2.08. The minimum Gasteiger partial charge on any atom is -0.379 e. The number of nitrogens with one attached hydrogen (secondary N) is 1. The molecule has 106 valence electrons. The molecule has 2 unspecified atom stereocenters. The highest BCUT2D eigenvalue weighted by Gasteiger charge is 2.29. The minimum atomic E-state index is -0.736. The van der Waals surface area contributed by atoms with Crippen molar-refractivity contribution in [3.05, 3.63) is 0 Å². The molecule has 0 aromatic heterocycles. The highest BCUT2D eigenvalue weighted by Crippen LogP contribution is 2.14. The molecule has 1 aliphatic heterocycles. The number of morpholine rings is 1. The van der Waals surface area contributed by atoms with Crippen LogP contribution >= 0.6 is 0 Å². The maximum Gasteiger partial charge on any atom is 0.141 e. The lowest BCUT2D eigenvalue weighted by molar-refractivity contribution is -0.113. The lowest BCUT2D eigenvalue weighted by Gasteiger charge is -2.31. The number of carbonyl (C=O) groups excluding carboxylic acids is 1. The van der Waals surface area contributed by atoms with Gasteiger partial charge in [0.25, 0.3) is 0 Å². The molecule has 5 nitrogen and oxygen atoms in total. The van der Waals surface area contributed by atoms with Gasteiger partial charge in [-0.25, -0.2) is 0 Å². The largest absolute Gasteiger partial charge is 0.379 e. The van der Waals surface area contributed by atoms with Crippen LogP contribution < -0.4 is 11.1 Å². The van der Waals surface area contributed by atoms with Crippen molar-refractivity contribution in [3.63, 3.8) is 0 Å². The van der Waals surface area contributed by atoms with E-state index in [1.165, 1.54) is 0 Å². The van der Waals surface area contributed by atoms with Gasteiger partial charge in [0.1, 0.15) is 6.29 Å². The molecule has 0 spiro atoms. The van der Waals surface area contributed by atoms with Gasteiger partial charge in [0.15, 0.2) is 0 Å². The van der Waals surface area contributed by atoms with E-state index in [0.717, 1.165) is 52.1 Å². The second-order valence-electron chi connectivity index (χ2n) is 5.17.